The van der Waals surface area contributed by atoms with Crippen molar-refractivity contribution in [1.29, 1.82) is 0 Å². The van der Waals surface area contributed by atoms with E-state index in [0.29, 0.717) is 10.7 Å². The molecule has 0 saturated carbocycles. The number of hydrogen-bond acceptors (Lipinski definition) is 4. The Labute approximate surface area is 134 Å². The summed E-state index contributed by atoms with van der Waals surface area (Å²) < 4.78 is 15.4. The highest BCUT2D eigenvalue weighted by atomic mass is 35.5. The van der Waals surface area contributed by atoms with Gasteiger partial charge in [0.15, 0.2) is 0 Å². The second-order valence-electron chi connectivity index (χ2n) is 4.49. The SMILES string of the molecule is Cn1cc(NC(=O)c2csc(-c3c(F)cccc3Cl)n2)cn1. The molecular weight excluding hydrogens is 327 g/mol. The van der Waals surface area contributed by atoms with Gasteiger partial charge in [-0.2, -0.15) is 5.10 Å². The van der Waals surface area contributed by atoms with E-state index in [-0.39, 0.29) is 22.2 Å². The summed E-state index contributed by atoms with van der Waals surface area (Å²) in [6.45, 7) is 0. The van der Waals surface area contributed by atoms with Crippen LogP contribution in [0.2, 0.25) is 5.02 Å². The van der Waals surface area contributed by atoms with Crippen molar-refractivity contribution < 1.29 is 9.18 Å². The van der Waals surface area contributed by atoms with Gasteiger partial charge in [-0.15, -0.1) is 11.3 Å². The molecule has 0 saturated heterocycles. The lowest BCUT2D eigenvalue weighted by Gasteiger charge is -2.01. The molecule has 1 aromatic carbocycles. The quantitative estimate of drug-likeness (QED) is 0.795. The van der Waals surface area contributed by atoms with Crippen LogP contribution in [-0.2, 0) is 7.05 Å². The smallest absolute Gasteiger partial charge is 0.275 e. The fourth-order valence-electron chi connectivity index (χ4n) is 1.88. The first-order chi connectivity index (χ1) is 10.5. The third-order valence-corrected chi connectivity index (χ3v) is 4.05. The van der Waals surface area contributed by atoms with Crippen molar-refractivity contribution in [2.24, 2.45) is 7.05 Å². The number of benzene rings is 1. The molecule has 112 valence electrons. The van der Waals surface area contributed by atoms with E-state index in [1.807, 2.05) is 0 Å². The van der Waals surface area contributed by atoms with E-state index in [2.05, 4.69) is 15.4 Å². The van der Waals surface area contributed by atoms with Crippen LogP contribution < -0.4 is 5.32 Å². The topological polar surface area (TPSA) is 59.8 Å². The van der Waals surface area contributed by atoms with Crippen molar-refractivity contribution in [2.75, 3.05) is 5.32 Å². The molecule has 2 heterocycles. The van der Waals surface area contributed by atoms with Crippen molar-refractivity contribution in [2.45, 2.75) is 0 Å². The highest BCUT2D eigenvalue weighted by Gasteiger charge is 2.17. The van der Waals surface area contributed by atoms with E-state index in [1.54, 1.807) is 29.4 Å². The Bertz CT molecular complexity index is 825. The summed E-state index contributed by atoms with van der Waals surface area (Å²) in [5.74, 6) is -0.857. The first kappa shape index (κ1) is 14.7. The lowest BCUT2D eigenvalue weighted by atomic mass is 10.2. The maximum Gasteiger partial charge on any atom is 0.275 e. The van der Waals surface area contributed by atoms with Crippen LogP contribution in [0, 0.1) is 5.82 Å². The molecule has 3 aromatic rings. The van der Waals surface area contributed by atoms with Gasteiger partial charge in [0.05, 0.1) is 22.5 Å². The molecule has 2 aromatic heterocycles. The van der Waals surface area contributed by atoms with Gasteiger partial charge >= 0.3 is 0 Å². The lowest BCUT2D eigenvalue weighted by Crippen LogP contribution is -2.11. The zero-order valence-electron chi connectivity index (χ0n) is 11.4. The predicted octanol–water partition coefficient (Wildman–Crippen LogP) is 3.59. The number of amides is 1. The van der Waals surface area contributed by atoms with Crippen molar-refractivity contribution in [3.8, 4) is 10.6 Å². The molecule has 22 heavy (non-hydrogen) atoms. The summed E-state index contributed by atoms with van der Waals surface area (Å²) in [4.78, 5) is 16.3. The fraction of sp³-hybridized carbons (Fsp3) is 0.0714. The van der Waals surface area contributed by atoms with Gasteiger partial charge < -0.3 is 5.32 Å². The number of aromatic nitrogens is 3. The van der Waals surface area contributed by atoms with Crippen LogP contribution in [0.15, 0.2) is 36.0 Å². The number of carbonyl (C=O) groups is 1. The first-order valence-corrected chi connectivity index (χ1v) is 7.50. The summed E-state index contributed by atoms with van der Waals surface area (Å²) in [7, 11) is 1.75. The molecule has 0 radical (unpaired) electrons. The molecule has 1 N–H and O–H groups in total. The molecule has 0 bridgehead atoms. The number of anilines is 1. The molecule has 0 atom stereocenters. The second kappa shape index (κ2) is 5.86. The number of nitrogens with one attached hydrogen (secondary N) is 1. The zero-order valence-corrected chi connectivity index (χ0v) is 13.0. The van der Waals surface area contributed by atoms with E-state index in [0.717, 1.165) is 11.3 Å². The summed E-state index contributed by atoms with van der Waals surface area (Å²) in [5, 5.41) is 8.80. The molecule has 0 fully saturated rings. The van der Waals surface area contributed by atoms with Crippen molar-refractivity contribution in [3.63, 3.8) is 0 Å². The Balaban J connectivity index is 1.86. The van der Waals surface area contributed by atoms with Gasteiger partial charge in [-0.3, -0.25) is 9.48 Å². The largest absolute Gasteiger partial charge is 0.318 e. The maximum absolute atomic E-state index is 13.9. The first-order valence-electron chi connectivity index (χ1n) is 6.24. The number of thiazole rings is 1. The summed E-state index contributed by atoms with van der Waals surface area (Å²) >= 11 is 7.16. The number of halogens is 2. The van der Waals surface area contributed by atoms with Gasteiger partial charge in [0.1, 0.15) is 16.5 Å². The van der Waals surface area contributed by atoms with Crippen LogP contribution >= 0.6 is 22.9 Å². The molecule has 0 unspecified atom stereocenters. The highest BCUT2D eigenvalue weighted by Crippen LogP contribution is 2.32. The minimum Gasteiger partial charge on any atom is -0.318 e. The second-order valence-corrected chi connectivity index (χ2v) is 5.76. The average Bonchev–Trinajstić information content (AvgIpc) is 3.08. The van der Waals surface area contributed by atoms with Crippen molar-refractivity contribution >= 4 is 34.5 Å². The highest BCUT2D eigenvalue weighted by molar-refractivity contribution is 7.13. The van der Waals surface area contributed by atoms with Crippen LogP contribution in [0.5, 0.6) is 0 Å². The molecular formula is C14H10ClFN4OS. The number of aryl methyl sites for hydroxylation is 1. The Morgan fingerprint density at radius 3 is 2.95 bits per heavy atom. The van der Waals surface area contributed by atoms with E-state index in [1.165, 1.54) is 18.3 Å². The zero-order chi connectivity index (χ0) is 15.7. The fourth-order valence-corrected chi connectivity index (χ4v) is 3.04. The molecule has 5 nitrogen and oxygen atoms in total. The standard InChI is InChI=1S/C14H10ClFN4OS/c1-20-6-8(5-17-20)18-13(21)11-7-22-14(19-11)12-9(15)3-2-4-10(12)16/h2-7H,1H3,(H,18,21). The van der Waals surface area contributed by atoms with Crippen LogP contribution in [0.25, 0.3) is 10.6 Å². The molecule has 0 spiro atoms. The van der Waals surface area contributed by atoms with Gasteiger partial charge in [-0.1, -0.05) is 17.7 Å². The summed E-state index contributed by atoms with van der Waals surface area (Å²) in [6, 6.07) is 4.40. The van der Waals surface area contributed by atoms with E-state index in [9.17, 15) is 9.18 Å². The van der Waals surface area contributed by atoms with Gasteiger partial charge in [-0.05, 0) is 12.1 Å². The monoisotopic (exact) mass is 336 g/mol. The number of hydrogen-bond donors (Lipinski definition) is 1. The summed E-state index contributed by atoms with van der Waals surface area (Å²) in [6.07, 6.45) is 3.19. The minimum absolute atomic E-state index is 0.197. The predicted molar refractivity (Wildman–Crippen MR) is 83.7 cm³/mol. The molecule has 3 rings (SSSR count). The normalized spacial score (nSPS) is 10.7. The van der Waals surface area contributed by atoms with Gasteiger partial charge in [-0.25, -0.2) is 9.37 Å². The molecule has 0 aliphatic heterocycles. The number of carbonyl (C=O) groups excluding carboxylic acids is 1. The van der Waals surface area contributed by atoms with Crippen molar-refractivity contribution in [1.82, 2.24) is 14.8 Å². The third kappa shape index (κ3) is 2.86. The molecule has 8 heteroatoms. The number of nitrogens with zero attached hydrogens (tertiary/aromatic N) is 3. The Hall–Kier alpha value is -2.25. The number of rotatable bonds is 3. The molecule has 1 amide bonds. The van der Waals surface area contributed by atoms with Gasteiger partial charge in [0.2, 0.25) is 0 Å². The molecule has 0 aliphatic rings. The molecule has 0 aliphatic carbocycles. The maximum atomic E-state index is 13.9. The van der Waals surface area contributed by atoms with E-state index in [4.69, 9.17) is 11.6 Å². The minimum atomic E-state index is -0.471. The Kier molecular flexibility index (Phi) is 3.91. The van der Waals surface area contributed by atoms with E-state index >= 15 is 0 Å². The average molecular weight is 337 g/mol. The van der Waals surface area contributed by atoms with Crippen LogP contribution in [-0.4, -0.2) is 20.7 Å². The van der Waals surface area contributed by atoms with Gasteiger partial charge in [0.25, 0.3) is 5.91 Å². The summed E-state index contributed by atoms with van der Waals surface area (Å²) in [5.41, 5.74) is 0.962. The third-order valence-electron chi connectivity index (χ3n) is 2.88. The van der Waals surface area contributed by atoms with Gasteiger partial charge in [0, 0.05) is 18.6 Å². The van der Waals surface area contributed by atoms with Crippen LogP contribution in [0.3, 0.4) is 0 Å². The Morgan fingerprint density at radius 2 is 2.27 bits per heavy atom. The van der Waals surface area contributed by atoms with E-state index < -0.39 is 5.82 Å². The lowest BCUT2D eigenvalue weighted by molar-refractivity contribution is 0.102. The van der Waals surface area contributed by atoms with Crippen LogP contribution in [0.1, 0.15) is 10.5 Å². The van der Waals surface area contributed by atoms with Crippen molar-refractivity contribution in [3.05, 3.63) is 52.5 Å². The van der Waals surface area contributed by atoms with Crippen LogP contribution in [0.4, 0.5) is 10.1 Å². The Morgan fingerprint density at radius 1 is 1.45 bits per heavy atom.